The van der Waals surface area contributed by atoms with Crippen molar-refractivity contribution in [1.29, 1.82) is 0 Å². The predicted molar refractivity (Wildman–Crippen MR) is 153 cm³/mol. The van der Waals surface area contributed by atoms with Crippen LogP contribution in [-0.2, 0) is 29.1 Å². The summed E-state index contributed by atoms with van der Waals surface area (Å²) >= 11 is 1.19. The van der Waals surface area contributed by atoms with E-state index in [1.165, 1.54) is 11.8 Å². The summed E-state index contributed by atoms with van der Waals surface area (Å²) in [7, 11) is 3.17. The molecule has 10 nitrogen and oxygen atoms in total. The average molecular weight is 565 g/mol. The van der Waals surface area contributed by atoms with Gasteiger partial charge in [-0.25, -0.2) is 4.98 Å². The van der Waals surface area contributed by atoms with Gasteiger partial charge >= 0.3 is 0 Å². The number of methoxy groups -OCH3 is 2. The van der Waals surface area contributed by atoms with Crippen LogP contribution in [0.4, 0.5) is 0 Å². The second-order valence-electron chi connectivity index (χ2n) is 8.91. The number of aromatic nitrogens is 2. The van der Waals surface area contributed by atoms with Crippen molar-refractivity contribution in [2.75, 3.05) is 26.5 Å². The maximum Gasteiger partial charge on any atom is 0.262 e. The zero-order valence-corrected chi connectivity index (χ0v) is 23.3. The van der Waals surface area contributed by atoms with Gasteiger partial charge in [0.25, 0.3) is 5.56 Å². The largest absolute Gasteiger partial charge is 0.493 e. The molecule has 2 aromatic carbocycles. The number of furan rings is 1. The molecule has 0 fully saturated rings. The number of amides is 2. The minimum Gasteiger partial charge on any atom is -0.493 e. The number of fused-ring (bicyclic) bond motifs is 1. The van der Waals surface area contributed by atoms with Crippen LogP contribution >= 0.6 is 11.8 Å². The molecule has 40 heavy (non-hydrogen) atoms. The third-order valence-electron chi connectivity index (χ3n) is 6.17. The molecule has 0 saturated carbocycles. The molecule has 0 radical (unpaired) electrons. The van der Waals surface area contributed by atoms with Crippen molar-refractivity contribution in [3.8, 4) is 11.5 Å². The maximum atomic E-state index is 13.3. The summed E-state index contributed by atoms with van der Waals surface area (Å²) in [5.74, 6) is 1.73. The molecule has 2 heterocycles. The number of rotatable bonds is 14. The van der Waals surface area contributed by atoms with Gasteiger partial charge in [-0.3, -0.25) is 19.0 Å². The van der Waals surface area contributed by atoms with E-state index in [9.17, 15) is 14.4 Å². The summed E-state index contributed by atoms with van der Waals surface area (Å²) in [6.07, 6.45) is 2.88. The third kappa shape index (κ3) is 7.66. The summed E-state index contributed by atoms with van der Waals surface area (Å²) in [4.78, 5) is 42.8. The summed E-state index contributed by atoms with van der Waals surface area (Å²) in [5.41, 5.74) is 1.38. The number of hydrogen-bond donors (Lipinski definition) is 2. The molecule has 2 N–H and O–H groups in total. The van der Waals surface area contributed by atoms with Crippen LogP contribution in [0.1, 0.15) is 24.2 Å². The maximum absolute atomic E-state index is 13.3. The number of thioether (sulfide) groups is 1. The fourth-order valence-corrected chi connectivity index (χ4v) is 4.96. The molecule has 0 aliphatic rings. The number of nitrogens with one attached hydrogen (secondary N) is 2. The zero-order chi connectivity index (χ0) is 28.3. The van der Waals surface area contributed by atoms with Crippen molar-refractivity contribution in [2.24, 2.45) is 0 Å². The normalized spacial score (nSPS) is 10.8. The molecular formula is C29H32N4O6S. The number of nitrogens with zero attached hydrogens (tertiary/aromatic N) is 2. The van der Waals surface area contributed by atoms with Gasteiger partial charge in [0, 0.05) is 19.5 Å². The fraction of sp³-hybridized carbons (Fsp3) is 0.310. The van der Waals surface area contributed by atoms with Gasteiger partial charge in [0.2, 0.25) is 11.8 Å². The number of benzene rings is 2. The highest BCUT2D eigenvalue weighted by molar-refractivity contribution is 7.99. The Kier molecular flexibility index (Phi) is 10.2. The molecule has 4 rings (SSSR count). The van der Waals surface area contributed by atoms with Crippen molar-refractivity contribution in [3.63, 3.8) is 0 Å². The molecule has 0 bridgehead atoms. The van der Waals surface area contributed by atoms with Crippen molar-refractivity contribution in [1.82, 2.24) is 20.2 Å². The lowest BCUT2D eigenvalue weighted by atomic mass is 10.1. The predicted octanol–water partition coefficient (Wildman–Crippen LogP) is 3.55. The standard InChI is InChI=1S/C29H32N4O6S/c1-37-24-12-11-20(17-25(24)38-2)13-14-30-26(34)10-5-15-33-28(36)22-8-3-4-9-23(22)32-29(33)40-19-27(35)31-18-21-7-6-16-39-21/h3-4,6-9,11-12,16-17H,5,10,13-15,18-19H2,1-2H3,(H,30,34)(H,31,35). The van der Waals surface area contributed by atoms with Crippen LogP contribution in [0, 0.1) is 0 Å². The smallest absolute Gasteiger partial charge is 0.262 e. The minimum atomic E-state index is -0.204. The highest BCUT2D eigenvalue weighted by Gasteiger charge is 2.14. The highest BCUT2D eigenvalue weighted by Crippen LogP contribution is 2.27. The van der Waals surface area contributed by atoms with Gasteiger partial charge < -0.3 is 24.5 Å². The SMILES string of the molecule is COc1ccc(CCNC(=O)CCCn2c(SCC(=O)NCc3ccco3)nc3ccccc3c2=O)cc1OC. The number of carbonyl (C=O) groups excluding carboxylic acids is 2. The molecule has 4 aromatic rings. The van der Waals surface area contributed by atoms with Gasteiger partial charge in [-0.2, -0.15) is 0 Å². The molecule has 11 heteroatoms. The van der Waals surface area contributed by atoms with E-state index in [0.29, 0.717) is 59.2 Å². The lowest BCUT2D eigenvalue weighted by Gasteiger charge is -2.13. The van der Waals surface area contributed by atoms with E-state index in [1.54, 1.807) is 55.4 Å². The summed E-state index contributed by atoms with van der Waals surface area (Å²) in [6, 6.07) is 16.3. The van der Waals surface area contributed by atoms with Crippen molar-refractivity contribution in [2.45, 2.75) is 37.5 Å². The molecule has 0 spiro atoms. The number of carbonyl (C=O) groups is 2. The van der Waals surface area contributed by atoms with E-state index in [2.05, 4.69) is 15.6 Å². The number of ether oxygens (including phenoxy) is 2. The van der Waals surface area contributed by atoms with E-state index in [1.807, 2.05) is 24.3 Å². The summed E-state index contributed by atoms with van der Waals surface area (Å²) < 4.78 is 17.4. The van der Waals surface area contributed by atoms with Crippen molar-refractivity contribution >= 4 is 34.5 Å². The quantitative estimate of drug-likeness (QED) is 0.176. The van der Waals surface area contributed by atoms with E-state index < -0.39 is 0 Å². The molecule has 0 saturated heterocycles. The fourth-order valence-electron chi connectivity index (χ4n) is 4.10. The second kappa shape index (κ2) is 14.2. The zero-order valence-electron chi connectivity index (χ0n) is 22.5. The van der Waals surface area contributed by atoms with Gasteiger partial charge in [-0.05, 0) is 54.8 Å². The Balaban J connectivity index is 1.32. The first-order valence-corrected chi connectivity index (χ1v) is 13.9. The molecule has 0 aliphatic carbocycles. The van der Waals surface area contributed by atoms with Crippen LogP contribution in [0.15, 0.2) is 75.2 Å². The molecule has 0 atom stereocenters. The highest BCUT2D eigenvalue weighted by atomic mass is 32.2. The first kappa shape index (κ1) is 28.8. The van der Waals surface area contributed by atoms with Crippen LogP contribution in [0.5, 0.6) is 11.5 Å². The minimum absolute atomic E-state index is 0.0854. The van der Waals surface area contributed by atoms with Crippen LogP contribution in [0.3, 0.4) is 0 Å². The van der Waals surface area contributed by atoms with Crippen LogP contribution < -0.4 is 25.7 Å². The Morgan fingerprint density at radius 3 is 2.60 bits per heavy atom. The molecule has 0 unspecified atom stereocenters. The van der Waals surface area contributed by atoms with Gasteiger partial charge in [0.1, 0.15) is 5.76 Å². The van der Waals surface area contributed by atoms with Gasteiger partial charge in [-0.1, -0.05) is 30.0 Å². The Bertz CT molecular complexity index is 1500. The lowest BCUT2D eigenvalue weighted by molar-refractivity contribution is -0.121. The van der Waals surface area contributed by atoms with Gasteiger partial charge in [0.15, 0.2) is 16.7 Å². The Labute approximate surface area is 236 Å². The first-order valence-electron chi connectivity index (χ1n) is 12.9. The van der Waals surface area contributed by atoms with E-state index >= 15 is 0 Å². The molecule has 0 aliphatic heterocycles. The molecule has 2 amide bonds. The number of hydrogen-bond acceptors (Lipinski definition) is 8. The molecular weight excluding hydrogens is 532 g/mol. The lowest BCUT2D eigenvalue weighted by Crippen LogP contribution is -2.28. The van der Waals surface area contributed by atoms with E-state index in [-0.39, 0.29) is 36.1 Å². The third-order valence-corrected chi connectivity index (χ3v) is 7.14. The Morgan fingerprint density at radius 2 is 1.82 bits per heavy atom. The molecule has 2 aromatic heterocycles. The molecule has 210 valence electrons. The van der Waals surface area contributed by atoms with Gasteiger partial charge in [-0.15, -0.1) is 0 Å². The van der Waals surface area contributed by atoms with E-state index in [0.717, 1.165) is 5.56 Å². The summed E-state index contributed by atoms with van der Waals surface area (Å²) in [5, 5.41) is 6.65. The topological polar surface area (TPSA) is 125 Å². The Morgan fingerprint density at radius 1 is 1.00 bits per heavy atom. The van der Waals surface area contributed by atoms with Gasteiger partial charge in [0.05, 0.1) is 43.7 Å². The van der Waals surface area contributed by atoms with Crippen LogP contribution in [0.2, 0.25) is 0 Å². The first-order chi connectivity index (χ1) is 19.5. The van der Waals surface area contributed by atoms with E-state index in [4.69, 9.17) is 13.9 Å². The Hall–Kier alpha value is -4.25. The van der Waals surface area contributed by atoms with Crippen molar-refractivity contribution < 1.29 is 23.5 Å². The van der Waals surface area contributed by atoms with Crippen molar-refractivity contribution in [3.05, 3.63) is 82.5 Å². The second-order valence-corrected chi connectivity index (χ2v) is 9.85. The number of para-hydroxylation sites is 1. The average Bonchev–Trinajstić information content (AvgIpc) is 3.50. The summed E-state index contributed by atoms with van der Waals surface area (Å²) in [6.45, 7) is 1.06. The van der Waals surface area contributed by atoms with Crippen LogP contribution in [0.25, 0.3) is 10.9 Å². The monoisotopic (exact) mass is 564 g/mol. The van der Waals surface area contributed by atoms with Crippen LogP contribution in [-0.4, -0.2) is 47.9 Å².